The first kappa shape index (κ1) is 15.4. The van der Waals surface area contributed by atoms with Crippen molar-refractivity contribution in [2.24, 2.45) is 7.05 Å². The molecule has 2 aliphatic rings. The Morgan fingerprint density at radius 3 is 2.73 bits per heavy atom. The van der Waals surface area contributed by atoms with E-state index in [2.05, 4.69) is 20.1 Å². The molecule has 0 amide bonds. The second-order valence-electron chi connectivity index (χ2n) is 5.94. The summed E-state index contributed by atoms with van der Waals surface area (Å²) in [6, 6.07) is 0. The van der Waals surface area contributed by atoms with Crippen molar-refractivity contribution >= 4 is 5.97 Å². The normalized spacial score (nSPS) is 27.2. The van der Waals surface area contributed by atoms with E-state index in [1.807, 2.05) is 7.05 Å². The summed E-state index contributed by atoms with van der Waals surface area (Å²) in [6.45, 7) is 5.38. The lowest BCUT2D eigenvalue weighted by molar-refractivity contribution is -0.157. The lowest BCUT2D eigenvalue weighted by atomic mass is 9.95. The van der Waals surface area contributed by atoms with Crippen LogP contribution in [0.3, 0.4) is 0 Å². The molecular weight excluding hydrogens is 286 g/mol. The number of hydrogen-bond donors (Lipinski definition) is 0. The molecule has 22 heavy (non-hydrogen) atoms. The van der Waals surface area contributed by atoms with Crippen LogP contribution >= 0.6 is 0 Å². The number of hydrogen-bond acceptors (Lipinski definition) is 7. The van der Waals surface area contributed by atoms with Crippen molar-refractivity contribution in [3.05, 3.63) is 11.9 Å². The van der Waals surface area contributed by atoms with E-state index in [4.69, 9.17) is 9.47 Å². The molecule has 3 heterocycles. The molecule has 0 saturated carbocycles. The lowest BCUT2D eigenvalue weighted by Crippen LogP contribution is -2.61. The fourth-order valence-electron chi connectivity index (χ4n) is 3.30. The smallest absolute Gasteiger partial charge is 0.328 e. The summed E-state index contributed by atoms with van der Waals surface area (Å²) in [6.07, 6.45) is 2.51. The quantitative estimate of drug-likeness (QED) is 0.679. The van der Waals surface area contributed by atoms with Gasteiger partial charge in [0.1, 0.15) is 5.54 Å². The number of rotatable bonds is 4. The molecule has 1 aromatic heterocycles. The number of piperazine rings is 1. The van der Waals surface area contributed by atoms with Crippen LogP contribution in [-0.4, -0.2) is 82.8 Å². The average molecular weight is 309 g/mol. The Bertz CT molecular complexity index is 518. The SMILES string of the molecule is COC(=O)C1(N2CCN(Cc3cnnn3C)CC2)CCOC1. The molecule has 0 bridgehead atoms. The fraction of sp³-hybridized carbons (Fsp3) is 0.786. The molecular formula is C14H23N5O3. The minimum atomic E-state index is -0.588. The standard InChI is InChI=1S/C14H23N5O3/c1-17-12(9-15-16-17)10-18-4-6-19(7-5-18)14(13(20)21-2)3-8-22-11-14/h9H,3-8,10-11H2,1-2H3. The summed E-state index contributed by atoms with van der Waals surface area (Å²) in [7, 11) is 3.36. The number of carbonyl (C=O) groups excluding carboxylic acids is 1. The molecule has 2 fully saturated rings. The molecule has 8 heteroatoms. The average Bonchev–Trinajstić information content (AvgIpc) is 3.18. The Balaban J connectivity index is 1.61. The van der Waals surface area contributed by atoms with Crippen molar-refractivity contribution in [3.8, 4) is 0 Å². The molecule has 0 spiro atoms. The van der Waals surface area contributed by atoms with Crippen molar-refractivity contribution < 1.29 is 14.3 Å². The van der Waals surface area contributed by atoms with Gasteiger partial charge in [0.05, 0.1) is 25.6 Å². The minimum absolute atomic E-state index is 0.172. The van der Waals surface area contributed by atoms with E-state index in [0.29, 0.717) is 19.6 Å². The zero-order valence-corrected chi connectivity index (χ0v) is 13.2. The van der Waals surface area contributed by atoms with E-state index in [1.54, 1.807) is 10.9 Å². The third kappa shape index (κ3) is 2.73. The van der Waals surface area contributed by atoms with Crippen molar-refractivity contribution in [2.45, 2.75) is 18.5 Å². The Hall–Kier alpha value is -1.51. The van der Waals surface area contributed by atoms with E-state index >= 15 is 0 Å². The van der Waals surface area contributed by atoms with Gasteiger partial charge in [-0.2, -0.15) is 0 Å². The number of esters is 1. The Morgan fingerprint density at radius 2 is 2.18 bits per heavy atom. The van der Waals surface area contributed by atoms with Gasteiger partial charge < -0.3 is 9.47 Å². The number of aryl methyl sites for hydroxylation is 1. The van der Waals surface area contributed by atoms with Crippen LogP contribution in [0.5, 0.6) is 0 Å². The van der Waals surface area contributed by atoms with Crippen LogP contribution in [0.1, 0.15) is 12.1 Å². The Morgan fingerprint density at radius 1 is 1.41 bits per heavy atom. The summed E-state index contributed by atoms with van der Waals surface area (Å²) >= 11 is 0. The van der Waals surface area contributed by atoms with Gasteiger partial charge in [0.2, 0.25) is 0 Å². The molecule has 0 N–H and O–H groups in total. The largest absolute Gasteiger partial charge is 0.468 e. The van der Waals surface area contributed by atoms with E-state index in [9.17, 15) is 4.79 Å². The van der Waals surface area contributed by atoms with Crippen LogP contribution in [0.2, 0.25) is 0 Å². The summed E-state index contributed by atoms with van der Waals surface area (Å²) in [4.78, 5) is 16.8. The molecule has 8 nitrogen and oxygen atoms in total. The predicted octanol–water partition coefficient (Wildman–Crippen LogP) is -0.735. The van der Waals surface area contributed by atoms with Crippen LogP contribution in [0.25, 0.3) is 0 Å². The molecule has 1 unspecified atom stereocenters. The zero-order chi connectivity index (χ0) is 15.6. The first-order valence-electron chi connectivity index (χ1n) is 7.63. The predicted molar refractivity (Wildman–Crippen MR) is 78.0 cm³/mol. The van der Waals surface area contributed by atoms with Gasteiger partial charge in [-0.3, -0.25) is 14.5 Å². The molecule has 1 atom stereocenters. The maximum absolute atomic E-state index is 12.2. The Kier molecular flexibility index (Phi) is 4.42. The number of ether oxygens (including phenoxy) is 2. The maximum atomic E-state index is 12.2. The number of carbonyl (C=O) groups is 1. The number of methoxy groups -OCH3 is 1. The highest BCUT2D eigenvalue weighted by atomic mass is 16.5. The fourth-order valence-corrected chi connectivity index (χ4v) is 3.30. The van der Waals surface area contributed by atoms with E-state index in [-0.39, 0.29) is 5.97 Å². The molecule has 1 aromatic rings. The van der Waals surface area contributed by atoms with Gasteiger partial charge in [0.15, 0.2) is 0 Å². The first-order valence-corrected chi connectivity index (χ1v) is 7.63. The summed E-state index contributed by atoms with van der Waals surface area (Å²) in [5.74, 6) is -0.172. The molecule has 0 radical (unpaired) electrons. The van der Waals surface area contributed by atoms with E-state index < -0.39 is 5.54 Å². The van der Waals surface area contributed by atoms with Gasteiger partial charge in [0, 0.05) is 52.8 Å². The highest BCUT2D eigenvalue weighted by Gasteiger charge is 2.49. The topological polar surface area (TPSA) is 72.7 Å². The van der Waals surface area contributed by atoms with Crippen molar-refractivity contribution in [2.75, 3.05) is 46.5 Å². The van der Waals surface area contributed by atoms with Gasteiger partial charge in [-0.05, 0) is 0 Å². The highest BCUT2D eigenvalue weighted by Crippen LogP contribution is 2.29. The van der Waals surface area contributed by atoms with Crippen LogP contribution < -0.4 is 0 Å². The monoisotopic (exact) mass is 309 g/mol. The summed E-state index contributed by atoms with van der Waals surface area (Å²) in [5, 5.41) is 7.87. The molecule has 2 saturated heterocycles. The van der Waals surface area contributed by atoms with Gasteiger partial charge in [0.25, 0.3) is 0 Å². The van der Waals surface area contributed by atoms with Crippen LogP contribution in [0.15, 0.2) is 6.20 Å². The first-order chi connectivity index (χ1) is 10.7. The highest BCUT2D eigenvalue weighted by molar-refractivity contribution is 5.81. The van der Waals surface area contributed by atoms with Crippen molar-refractivity contribution in [1.82, 2.24) is 24.8 Å². The lowest BCUT2D eigenvalue weighted by Gasteiger charge is -2.43. The van der Waals surface area contributed by atoms with Crippen molar-refractivity contribution in [3.63, 3.8) is 0 Å². The van der Waals surface area contributed by atoms with Crippen LogP contribution in [-0.2, 0) is 27.9 Å². The number of aromatic nitrogens is 3. The third-order valence-corrected chi connectivity index (χ3v) is 4.74. The van der Waals surface area contributed by atoms with Crippen LogP contribution in [0, 0.1) is 0 Å². The van der Waals surface area contributed by atoms with Gasteiger partial charge in [-0.25, -0.2) is 4.79 Å². The zero-order valence-electron chi connectivity index (χ0n) is 13.2. The van der Waals surface area contributed by atoms with E-state index in [0.717, 1.165) is 38.4 Å². The molecule has 122 valence electrons. The van der Waals surface area contributed by atoms with Gasteiger partial charge >= 0.3 is 5.97 Å². The van der Waals surface area contributed by atoms with Crippen molar-refractivity contribution in [1.29, 1.82) is 0 Å². The van der Waals surface area contributed by atoms with Gasteiger partial charge in [-0.1, -0.05) is 5.21 Å². The van der Waals surface area contributed by atoms with Crippen LogP contribution in [0.4, 0.5) is 0 Å². The second-order valence-corrected chi connectivity index (χ2v) is 5.94. The third-order valence-electron chi connectivity index (χ3n) is 4.74. The summed E-state index contributed by atoms with van der Waals surface area (Å²) in [5.41, 5.74) is 0.509. The molecule has 2 aliphatic heterocycles. The number of nitrogens with zero attached hydrogens (tertiary/aromatic N) is 5. The minimum Gasteiger partial charge on any atom is -0.468 e. The van der Waals surface area contributed by atoms with Gasteiger partial charge in [-0.15, -0.1) is 5.10 Å². The van der Waals surface area contributed by atoms with E-state index in [1.165, 1.54) is 7.11 Å². The Labute approximate surface area is 130 Å². The molecule has 3 rings (SSSR count). The summed E-state index contributed by atoms with van der Waals surface area (Å²) < 4.78 is 12.3. The molecule has 0 aromatic carbocycles. The second kappa shape index (κ2) is 6.31. The maximum Gasteiger partial charge on any atom is 0.328 e. The molecule has 0 aliphatic carbocycles.